The van der Waals surface area contributed by atoms with Gasteiger partial charge in [0.2, 0.25) is 0 Å². The summed E-state index contributed by atoms with van der Waals surface area (Å²) in [6.45, 7) is 3.52. The minimum Gasteiger partial charge on any atom is -0.319 e. The largest absolute Gasteiger partial charge is 0.419 e. The minimum atomic E-state index is -4.83. The van der Waals surface area contributed by atoms with Crippen LogP contribution in [0, 0.1) is 12.7 Å². The number of Topliss-reactive ketones (excluding diaryl/α,β-unsaturated/α-hetero) is 1. The van der Waals surface area contributed by atoms with E-state index in [1.165, 1.54) is 23.1 Å². The topological polar surface area (TPSA) is 76.9 Å². The molecule has 166 valence electrons. The SMILES string of the molecule is Cc1cc(C(=O)Nc2cnn3c2C(=O)C(c2ccc(C(F)(F)F)c(F)c2)C[C@@H]3C)ccn1. The van der Waals surface area contributed by atoms with Gasteiger partial charge in [-0.15, -0.1) is 0 Å². The second-order valence-corrected chi connectivity index (χ2v) is 7.73. The van der Waals surface area contributed by atoms with E-state index in [1.807, 2.05) is 0 Å². The molecule has 1 unspecified atom stereocenters. The number of hydrogen-bond donors (Lipinski definition) is 1. The van der Waals surface area contributed by atoms with E-state index in [2.05, 4.69) is 15.4 Å². The lowest BCUT2D eigenvalue weighted by Gasteiger charge is -2.28. The smallest absolute Gasteiger partial charge is 0.319 e. The predicted octanol–water partition coefficient (Wildman–Crippen LogP) is 4.93. The molecule has 0 radical (unpaired) electrons. The predicted molar refractivity (Wildman–Crippen MR) is 107 cm³/mol. The Bertz CT molecular complexity index is 1220. The number of anilines is 1. The highest BCUT2D eigenvalue weighted by Gasteiger charge is 2.38. The van der Waals surface area contributed by atoms with Crippen LogP contribution >= 0.6 is 0 Å². The molecule has 10 heteroatoms. The van der Waals surface area contributed by atoms with Gasteiger partial charge in [0, 0.05) is 17.5 Å². The lowest BCUT2D eigenvalue weighted by molar-refractivity contribution is -0.140. The maximum Gasteiger partial charge on any atom is 0.419 e. The maximum absolute atomic E-state index is 14.1. The highest BCUT2D eigenvalue weighted by Crippen LogP contribution is 2.39. The standard InChI is InChI=1S/C22H18F4N4O2/c1-11-7-14(5-6-27-11)21(32)29-18-10-28-30-12(2)8-15(20(31)19(18)30)13-3-4-16(17(23)9-13)22(24,25)26/h3-7,9-10,12,15H,8H2,1-2H3,(H,29,32)/t12-,15?/m0/s1. The molecule has 6 nitrogen and oxygen atoms in total. The van der Waals surface area contributed by atoms with Crippen LogP contribution in [0.5, 0.6) is 0 Å². The zero-order chi connectivity index (χ0) is 23.2. The normalized spacial score (nSPS) is 18.4. The molecule has 1 aliphatic heterocycles. The van der Waals surface area contributed by atoms with E-state index in [9.17, 15) is 27.2 Å². The molecule has 0 saturated heterocycles. The summed E-state index contributed by atoms with van der Waals surface area (Å²) in [6.07, 6.45) is -1.76. The molecular formula is C22H18F4N4O2. The van der Waals surface area contributed by atoms with Gasteiger partial charge in [0.15, 0.2) is 5.78 Å². The molecular weight excluding hydrogens is 428 g/mol. The third-order valence-electron chi connectivity index (χ3n) is 5.45. The number of nitrogens with zero attached hydrogens (tertiary/aromatic N) is 3. The number of hydrogen-bond acceptors (Lipinski definition) is 4. The van der Waals surface area contributed by atoms with E-state index >= 15 is 0 Å². The van der Waals surface area contributed by atoms with Crippen LogP contribution in [0.15, 0.2) is 42.7 Å². The van der Waals surface area contributed by atoms with Crippen molar-refractivity contribution >= 4 is 17.4 Å². The third-order valence-corrected chi connectivity index (χ3v) is 5.45. The Labute approximate surface area is 180 Å². The van der Waals surface area contributed by atoms with Crippen LogP contribution < -0.4 is 5.32 Å². The van der Waals surface area contributed by atoms with Crippen LogP contribution in [0.3, 0.4) is 0 Å². The van der Waals surface area contributed by atoms with Gasteiger partial charge >= 0.3 is 6.18 Å². The van der Waals surface area contributed by atoms with Gasteiger partial charge < -0.3 is 5.32 Å². The first kappa shape index (κ1) is 21.7. The minimum absolute atomic E-state index is 0.119. The van der Waals surface area contributed by atoms with Gasteiger partial charge in [-0.1, -0.05) is 6.07 Å². The number of aryl methyl sites for hydroxylation is 1. The first-order valence-electron chi connectivity index (χ1n) is 9.78. The average molecular weight is 446 g/mol. The van der Waals surface area contributed by atoms with Crippen molar-refractivity contribution in [3.63, 3.8) is 0 Å². The van der Waals surface area contributed by atoms with Gasteiger partial charge in [0.25, 0.3) is 5.91 Å². The van der Waals surface area contributed by atoms with E-state index < -0.39 is 35.2 Å². The first-order chi connectivity index (χ1) is 15.1. The Kier molecular flexibility index (Phi) is 5.31. The number of rotatable bonds is 3. The van der Waals surface area contributed by atoms with Crippen molar-refractivity contribution in [2.45, 2.75) is 38.4 Å². The van der Waals surface area contributed by atoms with Crippen LogP contribution in [0.4, 0.5) is 23.2 Å². The fraction of sp³-hybridized carbons (Fsp3) is 0.273. The van der Waals surface area contributed by atoms with E-state index in [1.54, 1.807) is 19.9 Å². The van der Waals surface area contributed by atoms with Gasteiger partial charge in [0.05, 0.1) is 29.4 Å². The van der Waals surface area contributed by atoms with Gasteiger partial charge in [-0.3, -0.25) is 19.3 Å². The number of carbonyl (C=O) groups is 2. The number of alkyl halides is 3. The van der Waals surface area contributed by atoms with Gasteiger partial charge in [0.1, 0.15) is 11.5 Å². The van der Waals surface area contributed by atoms with Gasteiger partial charge in [-0.25, -0.2) is 4.39 Å². The molecule has 32 heavy (non-hydrogen) atoms. The van der Waals surface area contributed by atoms with Gasteiger partial charge in [-0.2, -0.15) is 18.3 Å². The monoisotopic (exact) mass is 446 g/mol. The number of halogens is 4. The van der Waals surface area contributed by atoms with Crippen LogP contribution in [0.1, 0.15) is 63.0 Å². The highest BCUT2D eigenvalue weighted by atomic mass is 19.4. The summed E-state index contributed by atoms with van der Waals surface area (Å²) in [7, 11) is 0. The van der Waals surface area contributed by atoms with Gasteiger partial charge in [-0.05, 0) is 50.1 Å². The van der Waals surface area contributed by atoms with Crippen molar-refractivity contribution in [2.75, 3.05) is 5.32 Å². The fourth-order valence-corrected chi connectivity index (χ4v) is 3.89. The Morgan fingerprint density at radius 1 is 1.22 bits per heavy atom. The number of amides is 1. The molecule has 0 bridgehead atoms. The summed E-state index contributed by atoms with van der Waals surface area (Å²) >= 11 is 0. The molecule has 1 amide bonds. The van der Waals surface area contributed by atoms with Crippen molar-refractivity contribution in [1.29, 1.82) is 0 Å². The summed E-state index contributed by atoms with van der Waals surface area (Å²) in [5.74, 6) is -3.23. The molecule has 1 N–H and O–H groups in total. The molecule has 4 rings (SSSR count). The molecule has 3 heterocycles. The summed E-state index contributed by atoms with van der Waals surface area (Å²) in [6, 6.07) is 5.32. The molecule has 0 spiro atoms. The molecule has 0 fully saturated rings. The Hall–Kier alpha value is -3.56. The van der Waals surface area contributed by atoms with Crippen LogP contribution in [-0.4, -0.2) is 26.5 Å². The van der Waals surface area contributed by atoms with Crippen molar-refractivity contribution < 1.29 is 27.2 Å². The number of fused-ring (bicyclic) bond motifs is 1. The molecule has 2 atom stereocenters. The Morgan fingerprint density at radius 2 is 1.97 bits per heavy atom. The highest BCUT2D eigenvalue weighted by molar-refractivity contribution is 6.10. The first-order valence-corrected chi connectivity index (χ1v) is 9.78. The number of nitrogens with one attached hydrogen (secondary N) is 1. The zero-order valence-corrected chi connectivity index (χ0v) is 17.1. The summed E-state index contributed by atoms with van der Waals surface area (Å²) in [5.41, 5.74) is 0.0375. The van der Waals surface area contributed by atoms with Crippen LogP contribution in [-0.2, 0) is 6.18 Å². The van der Waals surface area contributed by atoms with E-state index in [4.69, 9.17) is 0 Å². The summed E-state index contributed by atoms with van der Waals surface area (Å²) < 4.78 is 54.3. The maximum atomic E-state index is 14.1. The lowest BCUT2D eigenvalue weighted by atomic mass is 9.84. The number of aromatic nitrogens is 3. The van der Waals surface area contributed by atoms with E-state index in [0.717, 1.165) is 12.1 Å². The molecule has 2 aromatic heterocycles. The van der Waals surface area contributed by atoms with Crippen molar-refractivity contribution in [1.82, 2.24) is 14.8 Å². The molecule has 1 aliphatic rings. The van der Waals surface area contributed by atoms with E-state index in [-0.39, 0.29) is 29.4 Å². The molecule has 1 aromatic carbocycles. The third kappa shape index (κ3) is 3.88. The van der Waals surface area contributed by atoms with Crippen LogP contribution in [0.2, 0.25) is 0 Å². The molecule has 3 aromatic rings. The number of pyridine rings is 1. The second kappa shape index (κ2) is 7.85. The fourth-order valence-electron chi connectivity index (χ4n) is 3.89. The Morgan fingerprint density at radius 3 is 2.62 bits per heavy atom. The summed E-state index contributed by atoms with van der Waals surface area (Å²) in [4.78, 5) is 29.9. The number of carbonyl (C=O) groups excluding carboxylic acids is 2. The number of ketones is 1. The van der Waals surface area contributed by atoms with Crippen molar-refractivity contribution in [3.05, 3.63) is 76.6 Å². The van der Waals surface area contributed by atoms with E-state index in [0.29, 0.717) is 17.3 Å². The zero-order valence-electron chi connectivity index (χ0n) is 17.1. The number of benzene rings is 1. The second-order valence-electron chi connectivity index (χ2n) is 7.73. The average Bonchev–Trinajstić information content (AvgIpc) is 3.14. The molecule has 0 aliphatic carbocycles. The van der Waals surface area contributed by atoms with Crippen molar-refractivity contribution in [3.8, 4) is 0 Å². The molecule has 0 saturated carbocycles. The lowest BCUT2D eigenvalue weighted by Crippen LogP contribution is -2.29. The van der Waals surface area contributed by atoms with Crippen molar-refractivity contribution in [2.24, 2.45) is 0 Å². The van der Waals surface area contributed by atoms with Crippen LogP contribution in [0.25, 0.3) is 0 Å². The quantitative estimate of drug-likeness (QED) is 0.579. The Balaban J connectivity index is 1.66. The summed E-state index contributed by atoms with van der Waals surface area (Å²) in [5, 5.41) is 6.85.